The first-order valence-electron chi connectivity index (χ1n) is 10.1. The van der Waals surface area contributed by atoms with E-state index in [0.29, 0.717) is 23.3 Å². The largest absolute Gasteiger partial charge is 0.451 e. The van der Waals surface area contributed by atoms with Crippen LogP contribution in [-0.4, -0.2) is 40.1 Å². The van der Waals surface area contributed by atoms with Crippen molar-refractivity contribution in [2.24, 2.45) is 0 Å². The highest BCUT2D eigenvalue weighted by Crippen LogP contribution is 2.23. The van der Waals surface area contributed by atoms with E-state index < -0.39 is 24.0 Å². The molecule has 3 rings (SSSR count). The van der Waals surface area contributed by atoms with Gasteiger partial charge in [-0.2, -0.15) is 16.7 Å². The van der Waals surface area contributed by atoms with Crippen molar-refractivity contribution < 1.29 is 23.2 Å². The number of aromatic nitrogens is 2. The van der Waals surface area contributed by atoms with Crippen LogP contribution in [0.3, 0.4) is 0 Å². The van der Waals surface area contributed by atoms with Crippen molar-refractivity contribution in [1.29, 1.82) is 0 Å². The molecule has 1 aromatic heterocycles. The highest BCUT2D eigenvalue weighted by Gasteiger charge is 2.27. The molecule has 3 aromatic rings. The number of nitrogens with one attached hydrogen (secondary N) is 1. The standard InChI is InChI=1S/C23H23ClFN3O4S/c1-13-8-9-15(12-18(13)25)20-27-22(32-28-20)14(2)31-23(30)19(10-11-33-3)26-21(29)16-6-4-5-7-17(16)24/h4-9,12,14,19H,10-11H2,1-3H3,(H,26,29). The topological polar surface area (TPSA) is 94.3 Å². The second kappa shape index (κ2) is 11.3. The number of carbonyl (C=O) groups is 2. The van der Waals surface area contributed by atoms with Crippen molar-refractivity contribution in [2.75, 3.05) is 12.0 Å². The van der Waals surface area contributed by atoms with Gasteiger partial charge in [0.2, 0.25) is 5.82 Å². The van der Waals surface area contributed by atoms with E-state index in [4.69, 9.17) is 20.9 Å². The van der Waals surface area contributed by atoms with Crippen LogP contribution in [0.15, 0.2) is 47.0 Å². The quantitative estimate of drug-likeness (QED) is 0.421. The van der Waals surface area contributed by atoms with Crippen LogP contribution < -0.4 is 5.32 Å². The second-order valence-electron chi connectivity index (χ2n) is 7.29. The van der Waals surface area contributed by atoms with Crippen molar-refractivity contribution in [1.82, 2.24) is 15.5 Å². The Labute approximate surface area is 200 Å². The van der Waals surface area contributed by atoms with Crippen molar-refractivity contribution in [3.63, 3.8) is 0 Å². The lowest BCUT2D eigenvalue weighted by molar-refractivity contribution is -0.152. The molecule has 7 nitrogen and oxygen atoms in total. The summed E-state index contributed by atoms with van der Waals surface area (Å²) in [6, 6.07) is 10.3. The fourth-order valence-corrected chi connectivity index (χ4v) is 3.62. The van der Waals surface area contributed by atoms with Crippen LogP contribution in [0.1, 0.15) is 41.3 Å². The smallest absolute Gasteiger partial charge is 0.329 e. The molecule has 2 unspecified atom stereocenters. The molecule has 0 aliphatic carbocycles. The van der Waals surface area contributed by atoms with Crippen LogP contribution in [-0.2, 0) is 9.53 Å². The average Bonchev–Trinajstić information content (AvgIpc) is 3.29. The minimum atomic E-state index is -0.891. The van der Waals surface area contributed by atoms with E-state index in [2.05, 4.69) is 15.5 Å². The molecule has 1 heterocycles. The molecule has 0 radical (unpaired) electrons. The lowest BCUT2D eigenvalue weighted by Gasteiger charge is -2.19. The Balaban J connectivity index is 1.70. The van der Waals surface area contributed by atoms with Crippen LogP contribution in [0, 0.1) is 12.7 Å². The fourth-order valence-electron chi connectivity index (χ4n) is 2.92. The number of aryl methyl sites for hydroxylation is 1. The van der Waals surface area contributed by atoms with Gasteiger partial charge < -0.3 is 14.6 Å². The lowest BCUT2D eigenvalue weighted by atomic mass is 10.1. The number of benzene rings is 2. The average molecular weight is 492 g/mol. The maximum atomic E-state index is 13.8. The number of hydrogen-bond donors (Lipinski definition) is 1. The maximum Gasteiger partial charge on any atom is 0.329 e. The number of thioether (sulfide) groups is 1. The summed E-state index contributed by atoms with van der Waals surface area (Å²) >= 11 is 7.62. The summed E-state index contributed by atoms with van der Waals surface area (Å²) in [6.07, 6.45) is 1.39. The van der Waals surface area contributed by atoms with Gasteiger partial charge >= 0.3 is 5.97 Å². The van der Waals surface area contributed by atoms with E-state index >= 15 is 0 Å². The zero-order chi connectivity index (χ0) is 24.0. The number of amides is 1. The Morgan fingerprint density at radius 3 is 2.73 bits per heavy atom. The Morgan fingerprint density at radius 1 is 1.27 bits per heavy atom. The third kappa shape index (κ3) is 6.33. The summed E-state index contributed by atoms with van der Waals surface area (Å²) in [5, 5.41) is 6.82. The molecular weight excluding hydrogens is 469 g/mol. The molecule has 0 spiro atoms. The Kier molecular flexibility index (Phi) is 8.46. The first-order chi connectivity index (χ1) is 15.8. The van der Waals surface area contributed by atoms with Crippen LogP contribution in [0.2, 0.25) is 5.02 Å². The Bertz CT molecular complexity index is 1140. The summed E-state index contributed by atoms with van der Waals surface area (Å²) in [4.78, 5) is 29.7. The SMILES string of the molecule is CSCCC(NC(=O)c1ccccc1Cl)C(=O)OC(C)c1nc(-c2ccc(C)c(F)c2)no1. The van der Waals surface area contributed by atoms with Gasteiger partial charge in [0.25, 0.3) is 11.8 Å². The molecule has 10 heteroatoms. The number of esters is 1. The zero-order valence-corrected chi connectivity index (χ0v) is 19.9. The van der Waals surface area contributed by atoms with Crippen molar-refractivity contribution >= 4 is 35.2 Å². The molecule has 1 amide bonds. The van der Waals surface area contributed by atoms with Gasteiger partial charge in [-0.1, -0.05) is 41.0 Å². The van der Waals surface area contributed by atoms with Gasteiger partial charge in [-0.25, -0.2) is 9.18 Å². The fraction of sp³-hybridized carbons (Fsp3) is 0.304. The van der Waals surface area contributed by atoms with Gasteiger partial charge in [-0.05, 0) is 56.0 Å². The minimum absolute atomic E-state index is 0.0559. The predicted molar refractivity (Wildman–Crippen MR) is 125 cm³/mol. The number of rotatable bonds is 9. The minimum Gasteiger partial charge on any atom is -0.451 e. The van der Waals surface area contributed by atoms with Gasteiger partial charge in [-0.3, -0.25) is 4.79 Å². The van der Waals surface area contributed by atoms with Crippen LogP contribution in [0.5, 0.6) is 0 Å². The molecule has 174 valence electrons. The van der Waals surface area contributed by atoms with Crippen molar-refractivity contribution in [3.8, 4) is 11.4 Å². The summed E-state index contributed by atoms with van der Waals surface area (Å²) < 4.78 is 24.5. The van der Waals surface area contributed by atoms with E-state index in [0.717, 1.165) is 0 Å². The van der Waals surface area contributed by atoms with E-state index in [1.54, 1.807) is 50.2 Å². The van der Waals surface area contributed by atoms with Crippen molar-refractivity contribution in [3.05, 3.63) is 70.3 Å². The Morgan fingerprint density at radius 2 is 2.03 bits per heavy atom. The third-order valence-electron chi connectivity index (χ3n) is 4.83. The van der Waals surface area contributed by atoms with Crippen molar-refractivity contribution in [2.45, 2.75) is 32.4 Å². The molecule has 0 bridgehead atoms. The summed E-state index contributed by atoms with van der Waals surface area (Å²) in [6.45, 7) is 3.23. The molecular formula is C23H23ClFN3O4S. The van der Waals surface area contributed by atoms with Gasteiger partial charge in [0.15, 0.2) is 6.10 Å². The molecule has 2 atom stereocenters. The molecule has 0 saturated carbocycles. The lowest BCUT2D eigenvalue weighted by Crippen LogP contribution is -2.42. The van der Waals surface area contributed by atoms with E-state index in [9.17, 15) is 14.0 Å². The second-order valence-corrected chi connectivity index (χ2v) is 8.68. The van der Waals surface area contributed by atoms with E-state index in [1.807, 2.05) is 6.26 Å². The number of halogens is 2. The normalized spacial score (nSPS) is 12.8. The monoisotopic (exact) mass is 491 g/mol. The van der Waals surface area contributed by atoms with Gasteiger partial charge in [0.1, 0.15) is 11.9 Å². The van der Waals surface area contributed by atoms with Gasteiger partial charge in [-0.15, -0.1) is 0 Å². The number of ether oxygens (including phenoxy) is 1. The van der Waals surface area contributed by atoms with Crippen LogP contribution >= 0.6 is 23.4 Å². The molecule has 0 aliphatic rings. The number of carbonyl (C=O) groups excluding carboxylic acids is 2. The Hall–Kier alpha value is -2.91. The van der Waals surface area contributed by atoms with Crippen LogP contribution in [0.25, 0.3) is 11.4 Å². The molecule has 0 saturated heterocycles. The van der Waals surface area contributed by atoms with Crippen LogP contribution in [0.4, 0.5) is 4.39 Å². The zero-order valence-electron chi connectivity index (χ0n) is 18.3. The number of hydrogen-bond acceptors (Lipinski definition) is 7. The molecule has 33 heavy (non-hydrogen) atoms. The van der Waals surface area contributed by atoms with E-state index in [1.165, 1.54) is 17.8 Å². The van der Waals surface area contributed by atoms with Gasteiger partial charge in [0, 0.05) is 5.56 Å². The molecule has 2 aromatic carbocycles. The molecule has 0 fully saturated rings. The highest BCUT2D eigenvalue weighted by atomic mass is 35.5. The third-order valence-corrected chi connectivity index (χ3v) is 5.80. The predicted octanol–water partition coefficient (Wildman–Crippen LogP) is 4.99. The summed E-state index contributed by atoms with van der Waals surface area (Å²) in [5.74, 6) is -0.640. The molecule has 0 aliphatic heterocycles. The summed E-state index contributed by atoms with van der Waals surface area (Å²) in [7, 11) is 0. The highest BCUT2D eigenvalue weighted by molar-refractivity contribution is 7.98. The summed E-state index contributed by atoms with van der Waals surface area (Å²) in [5.41, 5.74) is 1.21. The molecule has 1 N–H and O–H groups in total. The maximum absolute atomic E-state index is 13.8. The first-order valence-corrected chi connectivity index (χ1v) is 11.9. The first kappa shape index (κ1) is 24.7. The van der Waals surface area contributed by atoms with Gasteiger partial charge in [0.05, 0.1) is 10.6 Å². The number of nitrogens with zero attached hydrogens (tertiary/aromatic N) is 2. The van der Waals surface area contributed by atoms with E-state index in [-0.39, 0.29) is 28.1 Å².